The van der Waals surface area contributed by atoms with Crippen LogP contribution in [0.3, 0.4) is 0 Å². The number of nitrogens with zero attached hydrogens (tertiary/aromatic N) is 4. The van der Waals surface area contributed by atoms with Crippen molar-refractivity contribution in [1.82, 2.24) is 9.97 Å². The zero-order valence-corrected chi connectivity index (χ0v) is 12.6. The van der Waals surface area contributed by atoms with E-state index in [4.69, 9.17) is 10.5 Å². The molecule has 0 bridgehead atoms. The van der Waals surface area contributed by atoms with E-state index in [-0.39, 0.29) is 18.5 Å². The van der Waals surface area contributed by atoms with Gasteiger partial charge in [0.05, 0.1) is 19.3 Å². The molecule has 0 aromatic carbocycles. The molecule has 4 N–H and O–H groups in total. The Balaban J connectivity index is 1.77. The van der Waals surface area contributed by atoms with Gasteiger partial charge in [0.2, 0.25) is 5.95 Å². The molecule has 0 aliphatic carbocycles. The molecule has 0 spiro atoms. The van der Waals surface area contributed by atoms with Crippen molar-refractivity contribution in [3.8, 4) is 0 Å². The fourth-order valence-electron chi connectivity index (χ4n) is 2.96. The number of nitrogens with two attached hydrogens (primary N) is 1. The maximum Gasteiger partial charge on any atom is 0.223 e. The number of hydrogen-bond donors (Lipinski definition) is 3. The number of hydrogen-bond acceptors (Lipinski definition) is 8. The number of anilines is 3. The van der Waals surface area contributed by atoms with Gasteiger partial charge in [-0.05, 0) is 6.42 Å². The van der Waals surface area contributed by atoms with Gasteiger partial charge in [0.25, 0.3) is 0 Å². The Morgan fingerprint density at radius 2 is 1.86 bits per heavy atom. The van der Waals surface area contributed by atoms with Crippen LogP contribution in [-0.2, 0) is 4.74 Å². The van der Waals surface area contributed by atoms with Crippen molar-refractivity contribution in [3.63, 3.8) is 0 Å². The number of piperidine rings is 1. The third-order valence-corrected chi connectivity index (χ3v) is 4.33. The highest BCUT2D eigenvalue weighted by Crippen LogP contribution is 2.25. The number of β-amino-alcohol motifs (C(OH)–C–C–N with tert-alkyl or cyclic N) is 1. The van der Waals surface area contributed by atoms with Crippen molar-refractivity contribution in [2.45, 2.75) is 12.5 Å². The summed E-state index contributed by atoms with van der Waals surface area (Å²) in [6.45, 7) is 4.13. The molecular weight excluding hydrogens is 286 g/mol. The maximum atomic E-state index is 10.1. The molecule has 2 atom stereocenters. The number of aliphatic hydroxyl groups is 2. The van der Waals surface area contributed by atoms with Gasteiger partial charge in [-0.3, -0.25) is 0 Å². The summed E-state index contributed by atoms with van der Waals surface area (Å²) in [7, 11) is 0. The topological polar surface area (TPSA) is 108 Å². The van der Waals surface area contributed by atoms with Crippen LogP contribution >= 0.6 is 0 Å². The Bertz CT molecular complexity index is 509. The van der Waals surface area contributed by atoms with E-state index in [1.807, 2.05) is 11.0 Å². The van der Waals surface area contributed by atoms with Crippen LogP contribution < -0.4 is 15.5 Å². The Labute approximate surface area is 129 Å². The summed E-state index contributed by atoms with van der Waals surface area (Å²) in [5.41, 5.74) is 5.85. The largest absolute Gasteiger partial charge is 0.396 e. The lowest BCUT2D eigenvalue weighted by Crippen LogP contribution is -2.45. The van der Waals surface area contributed by atoms with Crippen LogP contribution in [-0.4, -0.2) is 72.3 Å². The summed E-state index contributed by atoms with van der Waals surface area (Å²) < 4.78 is 5.35. The minimum absolute atomic E-state index is 0.0138. The molecule has 8 nitrogen and oxygen atoms in total. The first-order chi connectivity index (χ1) is 10.7. The SMILES string of the molecule is Nc1nc(N2CCOCC2)cc(N2CC[C@H](CO)[C@@H](O)C2)n1. The molecule has 3 heterocycles. The lowest BCUT2D eigenvalue weighted by Gasteiger charge is -2.36. The van der Waals surface area contributed by atoms with E-state index in [2.05, 4.69) is 14.9 Å². The third-order valence-electron chi connectivity index (χ3n) is 4.33. The quantitative estimate of drug-likeness (QED) is 0.657. The lowest BCUT2D eigenvalue weighted by molar-refractivity contribution is 0.0546. The Kier molecular flexibility index (Phi) is 4.60. The average Bonchev–Trinajstić information content (AvgIpc) is 2.55. The van der Waals surface area contributed by atoms with Gasteiger partial charge in [-0.2, -0.15) is 9.97 Å². The highest BCUT2D eigenvalue weighted by Gasteiger charge is 2.28. The molecule has 2 aliphatic heterocycles. The molecular formula is C14H23N5O3. The van der Waals surface area contributed by atoms with E-state index in [1.54, 1.807) is 0 Å². The van der Waals surface area contributed by atoms with Crippen LogP contribution in [0.1, 0.15) is 6.42 Å². The van der Waals surface area contributed by atoms with E-state index < -0.39 is 6.10 Å². The molecule has 2 fully saturated rings. The summed E-state index contributed by atoms with van der Waals surface area (Å²) in [6.07, 6.45) is 0.177. The summed E-state index contributed by atoms with van der Waals surface area (Å²) in [4.78, 5) is 12.7. The number of ether oxygens (including phenoxy) is 1. The fourth-order valence-corrected chi connectivity index (χ4v) is 2.96. The van der Waals surface area contributed by atoms with Gasteiger partial charge in [-0.15, -0.1) is 0 Å². The van der Waals surface area contributed by atoms with Gasteiger partial charge in [0, 0.05) is 44.8 Å². The molecule has 2 aliphatic rings. The highest BCUT2D eigenvalue weighted by atomic mass is 16.5. The number of aliphatic hydroxyl groups excluding tert-OH is 2. The Morgan fingerprint density at radius 1 is 1.18 bits per heavy atom. The molecule has 0 radical (unpaired) electrons. The number of aromatic nitrogens is 2. The molecule has 1 aromatic heterocycles. The summed E-state index contributed by atoms with van der Waals surface area (Å²) >= 11 is 0. The fraction of sp³-hybridized carbons (Fsp3) is 0.714. The summed E-state index contributed by atoms with van der Waals surface area (Å²) in [6, 6.07) is 1.91. The molecule has 122 valence electrons. The Hall–Kier alpha value is -1.64. The summed E-state index contributed by atoms with van der Waals surface area (Å²) in [5, 5.41) is 19.3. The molecule has 1 aromatic rings. The van der Waals surface area contributed by atoms with Gasteiger partial charge < -0.3 is 30.5 Å². The molecule has 0 saturated carbocycles. The van der Waals surface area contributed by atoms with Crippen LogP contribution in [0.15, 0.2) is 6.07 Å². The van der Waals surface area contributed by atoms with Crippen LogP contribution in [0.5, 0.6) is 0 Å². The predicted molar refractivity (Wildman–Crippen MR) is 82.9 cm³/mol. The summed E-state index contributed by atoms with van der Waals surface area (Å²) in [5.74, 6) is 1.70. The lowest BCUT2D eigenvalue weighted by atomic mass is 9.95. The molecule has 22 heavy (non-hydrogen) atoms. The standard InChI is InChI=1S/C14H23N5O3/c15-14-16-12(18-3-5-22-6-4-18)7-13(17-14)19-2-1-10(9-20)11(21)8-19/h7,10-11,20-21H,1-6,8-9H2,(H2,15,16,17)/t10-,11+/m1/s1. The minimum Gasteiger partial charge on any atom is -0.396 e. The van der Waals surface area contributed by atoms with Gasteiger partial charge in [-0.1, -0.05) is 0 Å². The second-order valence-corrected chi connectivity index (χ2v) is 5.79. The highest BCUT2D eigenvalue weighted by molar-refractivity contribution is 5.54. The van der Waals surface area contributed by atoms with Gasteiger partial charge >= 0.3 is 0 Å². The maximum absolute atomic E-state index is 10.1. The van der Waals surface area contributed by atoms with Gasteiger partial charge in [0.1, 0.15) is 11.6 Å². The van der Waals surface area contributed by atoms with E-state index >= 15 is 0 Å². The number of nitrogen functional groups attached to an aromatic ring is 1. The molecule has 3 rings (SSSR count). The number of rotatable bonds is 3. The molecule has 8 heteroatoms. The zero-order valence-electron chi connectivity index (χ0n) is 12.6. The zero-order chi connectivity index (χ0) is 15.5. The van der Waals surface area contributed by atoms with Crippen molar-refractivity contribution < 1.29 is 14.9 Å². The first-order valence-corrected chi connectivity index (χ1v) is 7.68. The van der Waals surface area contributed by atoms with Crippen LogP contribution in [0.2, 0.25) is 0 Å². The van der Waals surface area contributed by atoms with Crippen LogP contribution in [0.25, 0.3) is 0 Å². The molecule has 0 amide bonds. The van der Waals surface area contributed by atoms with Crippen molar-refractivity contribution in [2.24, 2.45) is 5.92 Å². The third kappa shape index (κ3) is 3.23. The van der Waals surface area contributed by atoms with E-state index in [0.29, 0.717) is 19.8 Å². The second kappa shape index (κ2) is 6.64. The van der Waals surface area contributed by atoms with E-state index in [0.717, 1.165) is 37.7 Å². The van der Waals surface area contributed by atoms with Crippen molar-refractivity contribution >= 4 is 17.6 Å². The first kappa shape index (κ1) is 15.3. The first-order valence-electron chi connectivity index (χ1n) is 7.68. The van der Waals surface area contributed by atoms with E-state index in [9.17, 15) is 10.2 Å². The van der Waals surface area contributed by atoms with Crippen molar-refractivity contribution in [1.29, 1.82) is 0 Å². The molecule has 0 unspecified atom stereocenters. The number of morpholine rings is 1. The average molecular weight is 309 g/mol. The smallest absolute Gasteiger partial charge is 0.223 e. The predicted octanol–water partition coefficient (Wildman–Crippen LogP) is -0.925. The minimum atomic E-state index is -0.554. The monoisotopic (exact) mass is 309 g/mol. The van der Waals surface area contributed by atoms with Crippen LogP contribution in [0, 0.1) is 5.92 Å². The van der Waals surface area contributed by atoms with E-state index in [1.165, 1.54) is 0 Å². The van der Waals surface area contributed by atoms with Crippen molar-refractivity contribution in [3.05, 3.63) is 6.07 Å². The second-order valence-electron chi connectivity index (χ2n) is 5.79. The Morgan fingerprint density at radius 3 is 2.50 bits per heavy atom. The van der Waals surface area contributed by atoms with Gasteiger partial charge in [-0.25, -0.2) is 0 Å². The van der Waals surface area contributed by atoms with Crippen LogP contribution in [0.4, 0.5) is 17.6 Å². The van der Waals surface area contributed by atoms with Gasteiger partial charge in [0.15, 0.2) is 0 Å². The molecule has 2 saturated heterocycles. The van der Waals surface area contributed by atoms with Crippen molar-refractivity contribution in [2.75, 3.05) is 61.5 Å². The normalized spacial score (nSPS) is 26.3.